The molecule has 1 saturated heterocycles. The van der Waals surface area contributed by atoms with Crippen LogP contribution in [0.1, 0.15) is 25.7 Å². The molecule has 0 spiro atoms. The molecule has 17 heavy (non-hydrogen) atoms. The van der Waals surface area contributed by atoms with Gasteiger partial charge in [0, 0.05) is 20.2 Å². The zero-order valence-corrected chi connectivity index (χ0v) is 10.9. The highest BCUT2D eigenvalue weighted by atomic mass is 35.5. The minimum absolute atomic E-state index is 0.401. The topological polar surface area (TPSA) is 38.2 Å². The van der Waals surface area contributed by atoms with E-state index in [9.17, 15) is 0 Å². The summed E-state index contributed by atoms with van der Waals surface area (Å²) in [6, 6.07) is 0. The molecular formula is C12H18ClN3O. The Morgan fingerprint density at radius 1 is 1.41 bits per heavy atom. The quantitative estimate of drug-likeness (QED) is 0.829. The van der Waals surface area contributed by atoms with Gasteiger partial charge in [0.05, 0.1) is 23.5 Å². The Morgan fingerprint density at radius 3 is 2.82 bits per heavy atom. The number of hydrogen-bond acceptors (Lipinski definition) is 4. The lowest BCUT2D eigenvalue weighted by Crippen LogP contribution is -2.27. The van der Waals surface area contributed by atoms with Crippen LogP contribution in [0.5, 0.6) is 0 Å². The van der Waals surface area contributed by atoms with Crippen molar-refractivity contribution in [3.05, 3.63) is 17.4 Å². The summed E-state index contributed by atoms with van der Waals surface area (Å²) >= 11 is 5.75. The SMILES string of the molecule is CN(CCC1CCCCO1)c1ncc(Cl)cn1. The normalized spacial score (nSPS) is 20.2. The maximum Gasteiger partial charge on any atom is 0.225 e. The van der Waals surface area contributed by atoms with Crippen LogP contribution >= 0.6 is 11.6 Å². The predicted octanol–water partition coefficient (Wildman–Crippen LogP) is 2.53. The fraction of sp³-hybridized carbons (Fsp3) is 0.667. The molecule has 1 aromatic heterocycles. The first-order valence-corrected chi connectivity index (χ1v) is 6.44. The molecule has 1 aliphatic rings. The Morgan fingerprint density at radius 2 is 2.18 bits per heavy atom. The van der Waals surface area contributed by atoms with Crippen LogP contribution in [0.2, 0.25) is 5.02 Å². The Hall–Kier alpha value is -0.870. The molecule has 2 rings (SSSR count). The van der Waals surface area contributed by atoms with E-state index in [0.717, 1.165) is 19.6 Å². The average Bonchev–Trinajstić information content (AvgIpc) is 2.38. The fourth-order valence-corrected chi connectivity index (χ4v) is 2.07. The zero-order valence-electron chi connectivity index (χ0n) is 10.1. The summed E-state index contributed by atoms with van der Waals surface area (Å²) in [5, 5.41) is 0.567. The van der Waals surface area contributed by atoms with Gasteiger partial charge in [-0.05, 0) is 25.7 Å². The van der Waals surface area contributed by atoms with Gasteiger partial charge in [-0.3, -0.25) is 0 Å². The van der Waals surface area contributed by atoms with E-state index in [0.29, 0.717) is 17.1 Å². The fourth-order valence-electron chi connectivity index (χ4n) is 1.98. The highest BCUT2D eigenvalue weighted by molar-refractivity contribution is 6.30. The maximum atomic E-state index is 5.75. The highest BCUT2D eigenvalue weighted by Gasteiger charge is 2.15. The van der Waals surface area contributed by atoms with Crippen molar-refractivity contribution >= 4 is 17.5 Å². The molecule has 4 nitrogen and oxygen atoms in total. The Labute approximate surface area is 107 Å². The van der Waals surface area contributed by atoms with Crippen molar-refractivity contribution in [2.24, 2.45) is 0 Å². The van der Waals surface area contributed by atoms with Crippen molar-refractivity contribution < 1.29 is 4.74 Å². The first kappa shape index (κ1) is 12.6. The zero-order chi connectivity index (χ0) is 12.1. The Kier molecular flexibility index (Phi) is 4.57. The molecule has 5 heteroatoms. The summed E-state index contributed by atoms with van der Waals surface area (Å²) in [6.07, 6.45) is 8.34. The Balaban J connectivity index is 1.80. The number of rotatable bonds is 4. The molecule has 0 amide bonds. The van der Waals surface area contributed by atoms with E-state index in [2.05, 4.69) is 9.97 Å². The molecule has 0 saturated carbocycles. The van der Waals surface area contributed by atoms with Gasteiger partial charge in [0.25, 0.3) is 0 Å². The molecular weight excluding hydrogens is 238 g/mol. The number of ether oxygens (including phenoxy) is 1. The van der Waals surface area contributed by atoms with Crippen LogP contribution in [0, 0.1) is 0 Å². The predicted molar refractivity (Wildman–Crippen MR) is 68.5 cm³/mol. The van der Waals surface area contributed by atoms with E-state index >= 15 is 0 Å². The smallest absolute Gasteiger partial charge is 0.225 e. The van der Waals surface area contributed by atoms with Gasteiger partial charge < -0.3 is 9.64 Å². The van der Waals surface area contributed by atoms with E-state index < -0.39 is 0 Å². The largest absolute Gasteiger partial charge is 0.378 e. The van der Waals surface area contributed by atoms with Gasteiger partial charge in [0.15, 0.2) is 0 Å². The molecule has 1 atom stereocenters. The summed E-state index contributed by atoms with van der Waals surface area (Å²) in [5.74, 6) is 0.713. The number of aromatic nitrogens is 2. The van der Waals surface area contributed by atoms with Crippen molar-refractivity contribution in [2.45, 2.75) is 31.8 Å². The van der Waals surface area contributed by atoms with E-state index in [1.807, 2.05) is 11.9 Å². The van der Waals surface area contributed by atoms with Crippen LogP contribution in [0.25, 0.3) is 0 Å². The lowest BCUT2D eigenvalue weighted by atomic mass is 10.1. The minimum Gasteiger partial charge on any atom is -0.378 e. The number of anilines is 1. The molecule has 0 aromatic carbocycles. The van der Waals surface area contributed by atoms with Crippen LogP contribution in [0.4, 0.5) is 5.95 Å². The molecule has 0 N–H and O–H groups in total. The van der Waals surface area contributed by atoms with Gasteiger partial charge in [-0.25, -0.2) is 9.97 Å². The average molecular weight is 256 g/mol. The van der Waals surface area contributed by atoms with Crippen LogP contribution in [-0.4, -0.2) is 36.3 Å². The molecule has 1 aliphatic heterocycles. The van der Waals surface area contributed by atoms with Gasteiger partial charge in [-0.2, -0.15) is 0 Å². The third kappa shape index (κ3) is 3.82. The van der Waals surface area contributed by atoms with Gasteiger partial charge in [-0.1, -0.05) is 11.6 Å². The monoisotopic (exact) mass is 255 g/mol. The second-order valence-electron chi connectivity index (χ2n) is 4.40. The van der Waals surface area contributed by atoms with Crippen molar-refractivity contribution in [2.75, 3.05) is 25.1 Å². The van der Waals surface area contributed by atoms with Gasteiger partial charge in [0.1, 0.15) is 0 Å². The van der Waals surface area contributed by atoms with Gasteiger partial charge >= 0.3 is 0 Å². The standard InChI is InChI=1S/C12H18ClN3O/c1-16(12-14-8-10(13)9-15-12)6-5-11-4-2-3-7-17-11/h8-9,11H,2-7H2,1H3. The first-order valence-electron chi connectivity index (χ1n) is 6.06. The highest BCUT2D eigenvalue weighted by Crippen LogP contribution is 2.17. The summed E-state index contributed by atoms with van der Waals surface area (Å²) in [6.45, 7) is 1.82. The van der Waals surface area contributed by atoms with E-state index in [-0.39, 0.29) is 0 Å². The molecule has 94 valence electrons. The summed E-state index contributed by atoms with van der Waals surface area (Å²) in [4.78, 5) is 10.4. The van der Waals surface area contributed by atoms with E-state index in [1.165, 1.54) is 19.3 Å². The van der Waals surface area contributed by atoms with Crippen molar-refractivity contribution in [1.29, 1.82) is 0 Å². The third-order valence-corrected chi connectivity index (χ3v) is 3.20. The molecule has 1 aromatic rings. The number of nitrogens with zero attached hydrogens (tertiary/aromatic N) is 3. The number of hydrogen-bond donors (Lipinski definition) is 0. The van der Waals surface area contributed by atoms with Crippen molar-refractivity contribution in [3.8, 4) is 0 Å². The second kappa shape index (κ2) is 6.17. The van der Waals surface area contributed by atoms with Crippen LogP contribution < -0.4 is 4.90 Å². The third-order valence-electron chi connectivity index (χ3n) is 3.01. The number of halogens is 1. The lowest BCUT2D eigenvalue weighted by molar-refractivity contribution is 0.0126. The summed E-state index contributed by atoms with van der Waals surface area (Å²) in [5.41, 5.74) is 0. The Bertz CT molecular complexity index is 338. The lowest BCUT2D eigenvalue weighted by Gasteiger charge is -2.25. The van der Waals surface area contributed by atoms with Crippen molar-refractivity contribution in [3.63, 3.8) is 0 Å². The van der Waals surface area contributed by atoms with Crippen LogP contribution in [0.3, 0.4) is 0 Å². The molecule has 1 unspecified atom stereocenters. The van der Waals surface area contributed by atoms with E-state index in [1.54, 1.807) is 12.4 Å². The summed E-state index contributed by atoms with van der Waals surface area (Å²) in [7, 11) is 1.99. The first-order chi connectivity index (χ1) is 8.25. The molecule has 0 radical (unpaired) electrons. The molecule has 0 bridgehead atoms. The molecule has 2 heterocycles. The van der Waals surface area contributed by atoms with Crippen LogP contribution in [-0.2, 0) is 4.74 Å². The van der Waals surface area contributed by atoms with Crippen molar-refractivity contribution in [1.82, 2.24) is 9.97 Å². The van der Waals surface area contributed by atoms with E-state index in [4.69, 9.17) is 16.3 Å². The van der Waals surface area contributed by atoms with Gasteiger partial charge in [0.2, 0.25) is 5.95 Å². The second-order valence-corrected chi connectivity index (χ2v) is 4.84. The van der Waals surface area contributed by atoms with Gasteiger partial charge in [-0.15, -0.1) is 0 Å². The molecule has 1 fully saturated rings. The molecule has 0 aliphatic carbocycles. The maximum absolute atomic E-state index is 5.75. The minimum atomic E-state index is 0.401. The summed E-state index contributed by atoms with van der Waals surface area (Å²) < 4.78 is 5.69. The van der Waals surface area contributed by atoms with Crippen LogP contribution in [0.15, 0.2) is 12.4 Å².